The molecule has 1 heterocycles. The molecule has 0 bridgehead atoms. The van der Waals surface area contributed by atoms with E-state index in [0.29, 0.717) is 6.54 Å². The molecule has 0 radical (unpaired) electrons. The summed E-state index contributed by atoms with van der Waals surface area (Å²) in [6.45, 7) is 0.750. The van der Waals surface area contributed by atoms with Crippen LogP contribution >= 0.6 is 11.6 Å². The van der Waals surface area contributed by atoms with Crippen molar-refractivity contribution in [2.75, 3.05) is 6.61 Å². The Bertz CT molecular complexity index is 465. The summed E-state index contributed by atoms with van der Waals surface area (Å²) in [5.41, 5.74) is 1.24. The maximum absolute atomic E-state index is 8.92. The standard InChI is InChI=1S/C13H15ClN2O/c14-12-4-1-11(2-5-12)3-6-13-15-7-8-16(13)9-10-17/h1-2,4-5,7-8,17H,3,6,9-10H2. The molecular formula is C13H15ClN2O. The summed E-state index contributed by atoms with van der Waals surface area (Å²) in [5.74, 6) is 1.01. The van der Waals surface area contributed by atoms with Gasteiger partial charge in [0.05, 0.1) is 6.61 Å². The van der Waals surface area contributed by atoms with Crippen molar-refractivity contribution in [3.05, 3.63) is 53.1 Å². The molecular weight excluding hydrogens is 236 g/mol. The van der Waals surface area contributed by atoms with Crippen molar-refractivity contribution in [1.82, 2.24) is 9.55 Å². The van der Waals surface area contributed by atoms with Crippen molar-refractivity contribution in [3.8, 4) is 0 Å². The number of halogens is 1. The van der Waals surface area contributed by atoms with Gasteiger partial charge >= 0.3 is 0 Å². The van der Waals surface area contributed by atoms with Crippen LogP contribution in [0.4, 0.5) is 0 Å². The lowest BCUT2D eigenvalue weighted by Gasteiger charge is -2.06. The molecule has 3 nitrogen and oxygen atoms in total. The zero-order valence-corrected chi connectivity index (χ0v) is 10.3. The summed E-state index contributed by atoms with van der Waals surface area (Å²) < 4.78 is 1.98. The zero-order valence-electron chi connectivity index (χ0n) is 9.51. The van der Waals surface area contributed by atoms with E-state index >= 15 is 0 Å². The average Bonchev–Trinajstić information content (AvgIpc) is 2.77. The minimum Gasteiger partial charge on any atom is -0.395 e. The van der Waals surface area contributed by atoms with Crippen molar-refractivity contribution >= 4 is 11.6 Å². The van der Waals surface area contributed by atoms with Crippen LogP contribution in [0, 0.1) is 0 Å². The first-order valence-electron chi connectivity index (χ1n) is 5.65. The number of aryl methyl sites for hydroxylation is 2. The lowest BCUT2D eigenvalue weighted by Crippen LogP contribution is -2.07. The number of aliphatic hydroxyl groups excluding tert-OH is 1. The molecule has 90 valence electrons. The highest BCUT2D eigenvalue weighted by Gasteiger charge is 2.02. The minimum atomic E-state index is 0.143. The topological polar surface area (TPSA) is 38.0 Å². The quantitative estimate of drug-likeness (QED) is 0.884. The van der Waals surface area contributed by atoms with Crippen molar-refractivity contribution in [1.29, 1.82) is 0 Å². The number of rotatable bonds is 5. The Morgan fingerprint density at radius 2 is 1.94 bits per heavy atom. The zero-order chi connectivity index (χ0) is 12.1. The smallest absolute Gasteiger partial charge is 0.109 e. The molecule has 1 aromatic carbocycles. The molecule has 4 heteroatoms. The molecule has 0 aliphatic carbocycles. The first-order valence-corrected chi connectivity index (χ1v) is 6.02. The summed E-state index contributed by atoms with van der Waals surface area (Å²) in [5, 5.41) is 9.67. The third kappa shape index (κ3) is 3.32. The van der Waals surface area contributed by atoms with Crippen molar-refractivity contribution in [3.63, 3.8) is 0 Å². The predicted molar refractivity (Wildman–Crippen MR) is 68.2 cm³/mol. The van der Waals surface area contributed by atoms with Gasteiger partial charge in [-0.1, -0.05) is 23.7 Å². The second-order valence-corrected chi connectivity index (χ2v) is 4.32. The Hall–Kier alpha value is -1.32. The monoisotopic (exact) mass is 250 g/mol. The average molecular weight is 251 g/mol. The number of nitrogens with zero attached hydrogens (tertiary/aromatic N) is 2. The van der Waals surface area contributed by atoms with Gasteiger partial charge in [-0.3, -0.25) is 0 Å². The Kier molecular flexibility index (Phi) is 4.18. The Balaban J connectivity index is 1.97. The first kappa shape index (κ1) is 12.1. The van der Waals surface area contributed by atoms with E-state index in [9.17, 15) is 0 Å². The van der Waals surface area contributed by atoms with E-state index in [1.54, 1.807) is 6.20 Å². The van der Waals surface area contributed by atoms with E-state index in [1.807, 2.05) is 35.0 Å². The molecule has 1 aromatic heterocycles. The number of hydrogen-bond donors (Lipinski definition) is 1. The van der Waals surface area contributed by atoms with Crippen LogP contribution in [-0.2, 0) is 19.4 Å². The Morgan fingerprint density at radius 3 is 2.65 bits per heavy atom. The van der Waals surface area contributed by atoms with Crippen molar-refractivity contribution in [2.45, 2.75) is 19.4 Å². The maximum atomic E-state index is 8.92. The molecule has 0 spiro atoms. The summed E-state index contributed by atoms with van der Waals surface area (Å²) >= 11 is 5.83. The van der Waals surface area contributed by atoms with Gasteiger partial charge < -0.3 is 9.67 Å². The molecule has 0 unspecified atom stereocenters. The van der Waals surface area contributed by atoms with Gasteiger partial charge in [-0.05, 0) is 24.1 Å². The van der Waals surface area contributed by atoms with Gasteiger partial charge in [0.15, 0.2) is 0 Å². The van der Waals surface area contributed by atoms with Crippen molar-refractivity contribution < 1.29 is 5.11 Å². The largest absolute Gasteiger partial charge is 0.395 e. The second-order valence-electron chi connectivity index (χ2n) is 3.89. The summed E-state index contributed by atoms with van der Waals surface area (Å²) in [6.07, 6.45) is 5.47. The molecule has 0 aliphatic heterocycles. The van der Waals surface area contributed by atoms with E-state index < -0.39 is 0 Å². The van der Waals surface area contributed by atoms with Crippen LogP contribution in [-0.4, -0.2) is 21.3 Å². The molecule has 0 fully saturated rings. The van der Waals surface area contributed by atoms with Crippen LogP contribution in [0.15, 0.2) is 36.7 Å². The third-order valence-electron chi connectivity index (χ3n) is 2.69. The molecule has 0 amide bonds. The highest BCUT2D eigenvalue weighted by Crippen LogP contribution is 2.11. The fraction of sp³-hybridized carbons (Fsp3) is 0.308. The minimum absolute atomic E-state index is 0.143. The number of aliphatic hydroxyl groups is 1. The van der Waals surface area contributed by atoms with E-state index in [1.165, 1.54) is 5.56 Å². The highest BCUT2D eigenvalue weighted by atomic mass is 35.5. The van der Waals surface area contributed by atoms with Gasteiger partial charge in [-0.15, -0.1) is 0 Å². The molecule has 0 saturated carbocycles. The number of aromatic nitrogens is 2. The van der Waals surface area contributed by atoms with Gasteiger partial charge in [-0.25, -0.2) is 4.98 Å². The van der Waals surface area contributed by atoms with Crippen LogP contribution in [0.2, 0.25) is 5.02 Å². The fourth-order valence-electron chi connectivity index (χ4n) is 1.79. The van der Waals surface area contributed by atoms with Crippen LogP contribution in [0.3, 0.4) is 0 Å². The molecule has 1 N–H and O–H groups in total. The Morgan fingerprint density at radius 1 is 1.18 bits per heavy atom. The van der Waals surface area contributed by atoms with Gasteiger partial charge in [-0.2, -0.15) is 0 Å². The van der Waals surface area contributed by atoms with Gasteiger partial charge in [0.1, 0.15) is 5.82 Å². The number of hydrogen-bond acceptors (Lipinski definition) is 2. The second kappa shape index (κ2) is 5.84. The molecule has 2 aromatic rings. The summed E-state index contributed by atoms with van der Waals surface area (Å²) in [4.78, 5) is 4.29. The maximum Gasteiger partial charge on any atom is 0.109 e. The number of benzene rings is 1. The fourth-order valence-corrected chi connectivity index (χ4v) is 1.91. The molecule has 0 aliphatic rings. The lowest BCUT2D eigenvalue weighted by molar-refractivity contribution is 0.274. The van der Waals surface area contributed by atoms with Gasteiger partial charge in [0, 0.05) is 30.4 Å². The molecule has 0 atom stereocenters. The normalized spacial score (nSPS) is 10.7. The molecule has 2 rings (SSSR count). The van der Waals surface area contributed by atoms with Crippen LogP contribution in [0.1, 0.15) is 11.4 Å². The first-order chi connectivity index (χ1) is 8.29. The summed E-state index contributed by atoms with van der Waals surface area (Å²) in [7, 11) is 0. The predicted octanol–water partition coefficient (Wildman–Crippen LogP) is 2.31. The highest BCUT2D eigenvalue weighted by molar-refractivity contribution is 6.30. The third-order valence-corrected chi connectivity index (χ3v) is 2.95. The van der Waals surface area contributed by atoms with Gasteiger partial charge in [0.25, 0.3) is 0 Å². The van der Waals surface area contributed by atoms with E-state index in [-0.39, 0.29) is 6.61 Å². The molecule has 17 heavy (non-hydrogen) atoms. The van der Waals surface area contributed by atoms with Crippen LogP contribution in [0.25, 0.3) is 0 Å². The van der Waals surface area contributed by atoms with Gasteiger partial charge in [0.2, 0.25) is 0 Å². The lowest BCUT2D eigenvalue weighted by atomic mass is 10.1. The van der Waals surface area contributed by atoms with E-state index in [4.69, 9.17) is 16.7 Å². The Labute approximate surface area is 106 Å². The van der Waals surface area contributed by atoms with Crippen LogP contribution in [0.5, 0.6) is 0 Å². The van der Waals surface area contributed by atoms with Crippen LogP contribution < -0.4 is 0 Å². The van der Waals surface area contributed by atoms with E-state index in [2.05, 4.69) is 4.98 Å². The number of imidazole rings is 1. The summed E-state index contributed by atoms with van der Waals surface area (Å²) in [6, 6.07) is 7.86. The van der Waals surface area contributed by atoms with E-state index in [0.717, 1.165) is 23.7 Å². The SMILES string of the molecule is OCCn1ccnc1CCc1ccc(Cl)cc1. The molecule has 0 saturated heterocycles. The van der Waals surface area contributed by atoms with Crippen molar-refractivity contribution in [2.24, 2.45) is 0 Å².